The van der Waals surface area contributed by atoms with Gasteiger partial charge in [-0.25, -0.2) is 0 Å². The number of ether oxygens (including phenoxy) is 1. The Morgan fingerprint density at radius 3 is 2.94 bits per heavy atom. The fraction of sp³-hybridized carbons (Fsp3) is 0.583. The van der Waals surface area contributed by atoms with Crippen LogP contribution in [0, 0.1) is 5.41 Å². The molecular formula is C12H18N2O2. The standard InChI is InChI=1S/C12H18N2O2/c1-12(9-16-10-12)8-13-5-7-14-6-3-2-4-11(14)15/h2-4,6,13H,5,7-10H2,1H3. The van der Waals surface area contributed by atoms with E-state index >= 15 is 0 Å². The molecule has 0 amide bonds. The zero-order valence-electron chi connectivity index (χ0n) is 9.61. The van der Waals surface area contributed by atoms with Gasteiger partial charge < -0.3 is 14.6 Å². The van der Waals surface area contributed by atoms with E-state index in [2.05, 4.69) is 12.2 Å². The van der Waals surface area contributed by atoms with Crippen molar-refractivity contribution in [1.82, 2.24) is 9.88 Å². The molecule has 0 unspecified atom stereocenters. The second-order valence-corrected chi connectivity index (χ2v) is 4.71. The molecule has 16 heavy (non-hydrogen) atoms. The van der Waals surface area contributed by atoms with Crippen LogP contribution in [0.15, 0.2) is 29.2 Å². The fourth-order valence-electron chi connectivity index (χ4n) is 1.79. The van der Waals surface area contributed by atoms with Crippen LogP contribution in [-0.2, 0) is 11.3 Å². The first-order chi connectivity index (χ1) is 7.70. The summed E-state index contributed by atoms with van der Waals surface area (Å²) < 4.78 is 6.89. The summed E-state index contributed by atoms with van der Waals surface area (Å²) in [5.74, 6) is 0. The maximum absolute atomic E-state index is 11.4. The highest BCUT2D eigenvalue weighted by Crippen LogP contribution is 2.24. The SMILES string of the molecule is CC1(CNCCn2ccccc2=O)COC1. The number of nitrogens with zero attached hydrogens (tertiary/aromatic N) is 1. The van der Waals surface area contributed by atoms with Crippen LogP contribution in [0.2, 0.25) is 0 Å². The minimum Gasteiger partial charge on any atom is -0.380 e. The Morgan fingerprint density at radius 1 is 1.50 bits per heavy atom. The Kier molecular flexibility index (Phi) is 3.41. The summed E-state index contributed by atoms with van der Waals surface area (Å²) in [7, 11) is 0. The molecule has 0 aliphatic carbocycles. The molecule has 4 nitrogen and oxygen atoms in total. The van der Waals surface area contributed by atoms with E-state index in [-0.39, 0.29) is 5.56 Å². The highest BCUT2D eigenvalue weighted by molar-refractivity contribution is 4.93. The number of hydrogen-bond donors (Lipinski definition) is 1. The average molecular weight is 222 g/mol. The van der Waals surface area contributed by atoms with Gasteiger partial charge in [-0.3, -0.25) is 4.79 Å². The third-order valence-corrected chi connectivity index (χ3v) is 2.88. The van der Waals surface area contributed by atoms with Gasteiger partial charge in [0, 0.05) is 37.3 Å². The smallest absolute Gasteiger partial charge is 0.250 e. The number of pyridine rings is 1. The third-order valence-electron chi connectivity index (χ3n) is 2.88. The second-order valence-electron chi connectivity index (χ2n) is 4.71. The van der Waals surface area contributed by atoms with Crippen molar-refractivity contribution in [2.24, 2.45) is 5.41 Å². The third kappa shape index (κ3) is 2.71. The summed E-state index contributed by atoms with van der Waals surface area (Å²) in [5.41, 5.74) is 0.351. The Labute approximate surface area is 95.2 Å². The van der Waals surface area contributed by atoms with E-state index in [1.165, 1.54) is 0 Å². The molecule has 1 aliphatic rings. The number of rotatable bonds is 5. The largest absolute Gasteiger partial charge is 0.380 e. The molecule has 0 spiro atoms. The van der Waals surface area contributed by atoms with Crippen LogP contribution in [0.4, 0.5) is 0 Å². The van der Waals surface area contributed by atoms with Crippen LogP contribution in [-0.4, -0.2) is 30.9 Å². The van der Waals surface area contributed by atoms with E-state index in [0.29, 0.717) is 5.41 Å². The maximum Gasteiger partial charge on any atom is 0.250 e. The Hall–Kier alpha value is -1.13. The fourth-order valence-corrected chi connectivity index (χ4v) is 1.79. The minimum absolute atomic E-state index is 0.0579. The summed E-state index contributed by atoms with van der Waals surface area (Å²) in [6.45, 7) is 6.37. The van der Waals surface area contributed by atoms with Gasteiger partial charge in [-0.15, -0.1) is 0 Å². The lowest BCUT2D eigenvalue weighted by Crippen LogP contribution is -2.47. The zero-order chi connectivity index (χ0) is 11.4. The first kappa shape index (κ1) is 11.4. The van der Waals surface area contributed by atoms with Crippen molar-refractivity contribution in [3.63, 3.8) is 0 Å². The van der Waals surface area contributed by atoms with Gasteiger partial charge in [0.2, 0.25) is 0 Å². The average Bonchev–Trinajstić information content (AvgIpc) is 2.24. The van der Waals surface area contributed by atoms with Gasteiger partial charge in [0.05, 0.1) is 13.2 Å². The van der Waals surface area contributed by atoms with Crippen molar-refractivity contribution in [2.75, 3.05) is 26.3 Å². The van der Waals surface area contributed by atoms with Crippen LogP contribution in [0.3, 0.4) is 0 Å². The molecule has 1 N–H and O–H groups in total. The molecule has 1 aromatic rings. The van der Waals surface area contributed by atoms with E-state index in [1.54, 1.807) is 16.7 Å². The minimum atomic E-state index is 0.0579. The van der Waals surface area contributed by atoms with Gasteiger partial charge in [0.25, 0.3) is 5.56 Å². The van der Waals surface area contributed by atoms with Gasteiger partial charge >= 0.3 is 0 Å². The topological polar surface area (TPSA) is 43.3 Å². The molecule has 1 aromatic heterocycles. The van der Waals surface area contributed by atoms with Crippen LogP contribution in [0.1, 0.15) is 6.92 Å². The van der Waals surface area contributed by atoms with Crippen molar-refractivity contribution in [1.29, 1.82) is 0 Å². The number of nitrogens with one attached hydrogen (secondary N) is 1. The molecule has 0 saturated carbocycles. The van der Waals surface area contributed by atoms with E-state index in [9.17, 15) is 4.79 Å². The predicted molar refractivity (Wildman–Crippen MR) is 62.5 cm³/mol. The quantitative estimate of drug-likeness (QED) is 0.737. The first-order valence-corrected chi connectivity index (χ1v) is 5.64. The van der Waals surface area contributed by atoms with Crippen molar-refractivity contribution in [3.8, 4) is 0 Å². The zero-order valence-corrected chi connectivity index (χ0v) is 9.61. The molecule has 0 bridgehead atoms. The molecular weight excluding hydrogens is 204 g/mol. The summed E-state index contributed by atoms with van der Waals surface area (Å²) in [5, 5.41) is 3.36. The van der Waals surface area contributed by atoms with E-state index in [0.717, 1.165) is 32.8 Å². The molecule has 1 fully saturated rings. The molecule has 1 saturated heterocycles. The van der Waals surface area contributed by atoms with Crippen LogP contribution < -0.4 is 10.9 Å². The van der Waals surface area contributed by atoms with Crippen molar-refractivity contribution >= 4 is 0 Å². The molecule has 1 aliphatic heterocycles. The highest BCUT2D eigenvalue weighted by atomic mass is 16.5. The normalized spacial score (nSPS) is 18.1. The van der Waals surface area contributed by atoms with Gasteiger partial charge in [0.1, 0.15) is 0 Å². The predicted octanol–water partition coefficient (Wildman–Crippen LogP) is 0.474. The van der Waals surface area contributed by atoms with Crippen LogP contribution in [0.25, 0.3) is 0 Å². The number of hydrogen-bond acceptors (Lipinski definition) is 3. The molecule has 2 heterocycles. The van der Waals surface area contributed by atoms with Gasteiger partial charge in [-0.05, 0) is 6.07 Å². The lowest BCUT2D eigenvalue weighted by molar-refractivity contribution is -0.0989. The molecule has 0 atom stereocenters. The van der Waals surface area contributed by atoms with Crippen molar-refractivity contribution < 1.29 is 4.74 Å². The van der Waals surface area contributed by atoms with E-state index < -0.39 is 0 Å². The summed E-state index contributed by atoms with van der Waals surface area (Å²) in [6.07, 6.45) is 1.82. The monoisotopic (exact) mass is 222 g/mol. The van der Waals surface area contributed by atoms with Crippen molar-refractivity contribution in [3.05, 3.63) is 34.7 Å². The second kappa shape index (κ2) is 4.80. The Morgan fingerprint density at radius 2 is 2.31 bits per heavy atom. The Balaban J connectivity index is 1.72. The van der Waals surface area contributed by atoms with E-state index in [4.69, 9.17) is 4.74 Å². The summed E-state index contributed by atoms with van der Waals surface area (Å²) in [4.78, 5) is 11.4. The number of aromatic nitrogens is 1. The van der Waals surface area contributed by atoms with Gasteiger partial charge in [0.15, 0.2) is 0 Å². The highest BCUT2D eigenvalue weighted by Gasteiger charge is 2.32. The van der Waals surface area contributed by atoms with E-state index in [1.807, 2.05) is 12.3 Å². The molecule has 0 aromatic carbocycles. The first-order valence-electron chi connectivity index (χ1n) is 5.64. The lowest BCUT2D eigenvalue weighted by atomic mass is 9.89. The molecule has 88 valence electrons. The van der Waals surface area contributed by atoms with Crippen LogP contribution in [0.5, 0.6) is 0 Å². The van der Waals surface area contributed by atoms with Gasteiger partial charge in [-0.2, -0.15) is 0 Å². The summed E-state index contributed by atoms with van der Waals surface area (Å²) in [6, 6.07) is 5.22. The molecule has 0 radical (unpaired) electrons. The maximum atomic E-state index is 11.4. The molecule has 2 rings (SSSR count). The molecule has 4 heteroatoms. The lowest BCUT2D eigenvalue weighted by Gasteiger charge is -2.38. The Bertz CT molecular complexity index is 396. The van der Waals surface area contributed by atoms with Crippen LogP contribution >= 0.6 is 0 Å². The van der Waals surface area contributed by atoms with Crippen molar-refractivity contribution in [2.45, 2.75) is 13.5 Å². The van der Waals surface area contributed by atoms with Gasteiger partial charge in [-0.1, -0.05) is 13.0 Å². The summed E-state index contributed by atoms with van der Waals surface area (Å²) >= 11 is 0.